The summed E-state index contributed by atoms with van der Waals surface area (Å²) in [5, 5.41) is 2.82. The van der Waals surface area contributed by atoms with Crippen LogP contribution in [0.5, 0.6) is 5.75 Å². The Balaban J connectivity index is 3.00. The van der Waals surface area contributed by atoms with Crippen LogP contribution in [0.1, 0.15) is 25.0 Å². The molecule has 20 heavy (non-hydrogen) atoms. The number of methoxy groups -OCH3 is 1. The Labute approximate surface area is 115 Å². The highest BCUT2D eigenvalue weighted by Crippen LogP contribution is 2.34. The van der Waals surface area contributed by atoms with Crippen molar-refractivity contribution in [2.24, 2.45) is 10.7 Å². The molecule has 0 amide bonds. The summed E-state index contributed by atoms with van der Waals surface area (Å²) in [6.45, 7) is 3.57. The van der Waals surface area contributed by atoms with Gasteiger partial charge in [0.15, 0.2) is 5.96 Å². The Morgan fingerprint density at radius 3 is 2.55 bits per heavy atom. The molecule has 0 aromatic heterocycles. The smallest absolute Gasteiger partial charge is 0.416 e. The SMILES string of the molecule is COc1ccc(CN=C(N)NC(C)C)c(C(F)(F)F)c1. The van der Waals surface area contributed by atoms with Gasteiger partial charge in [0.25, 0.3) is 0 Å². The first-order valence-electron chi connectivity index (χ1n) is 6.04. The lowest BCUT2D eigenvalue weighted by molar-refractivity contribution is -0.138. The molecule has 0 aliphatic rings. The van der Waals surface area contributed by atoms with E-state index in [-0.39, 0.29) is 29.9 Å². The van der Waals surface area contributed by atoms with Crippen molar-refractivity contribution in [2.75, 3.05) is 7.11 Å². The van der Waals surface area contributed by atoms with Crippen LogP contribution < -0.4 is 15.8 Å². The Morgan fingerprint density at radius 2 is 2.05 bits per heavy atom. The van der Waals surface area contributed by atoms with Gasteiger partial charge in [-0.05, 0) is 31.5 Å². The van der Waals surface area contributed by atoms with Gasteiger partial charge in [0, 0.05) is 6.04 Å². The Kier molecular flexibility index (Phi) is 5.24. The van der Waals surface area contributed by atoms with Crippen LogP contribution in [0.2, 0.25) is 0 Å². The van der Waals surface area contributed by atoms with Crippen LogP contribution in [-0.4, -0.2) is 19.1 Å². The maximum atomic E-state index is 12.9. The first kappa shape index (κ1) is 16.1. The minimum absolute atomic E-state index is 0.0480. The molecule has 0 saturated heterocycles. The van der Waals surface area contributed by atoms with E-state index in [1.54, 1.807) is 0 Å². The van der Waals surface area contributed by atoms with E-state index in [1.807, 2.05) is 13.8 Å². The van der Waals surface area contributed by atoms with Crippen molar-refractivity contribution in [1.82, 2.24) is 5.32 Å². The number of aliphatic imine (C=N–C) groups is 1. The molecule has 0 spiro atoms. The van der Waals surface area contributed by atoms with E-state index in [2.05, 4.69) is 10.3 Å². The average Bonchev–Trinajstić information content (AvgIpc) is 2.34. The molecule has 0 bridgehead atoms. The second-order valence-corrected chi connectivity index (χ2v) is 4.52. The molecule has 3 N–H and O–H groups in total. The molecule has 1 aromatic rings. The number of guanidine groups is 1. The highest BCUT2D eigenvalue weighted by atomic mass is 19.4. The van der Waals surface area contributed by atoms with E-state index in [4.69, 9.17) is 10.5 Å². The van der Waals surface area contributed by atoms with Gasteiger partial charge in [0.05, 0.1) is 19.2 Å². The number of hydrogen-bond donors (Lipinski definition) is 2. The standard InChI is InChI=1S/C13H18F3N3O/c1-8(2)19-12(17)18-7-9-4-5-10(20-3)6-11(9)13(14,15)16/h4-6,8H,7H2,1-3H3,(H3,17,18,19). The summed E-state index contributed by atoms with van der Waals surface area (Å²) in [5.41, 5.74) is 4.85. The van der Waals surface area contributed by atoms with Gasteiger partial charge in [-0.25, -0.2) is 4.99 Å². The fourth-order valence-electron chi connectivity index (χ4n) is 1.60. The zero-order valence-corrected chi connectivity index (χ0v) is 11.6. The maximum Gasteiger partial charge on any atom is 0.416 e. The highest BCUT2D eigenvalue weighted by molar-refractivity contribution is 5.78. The molecule has 0 fully saturated rings. The largest absolute Gasteiger partial charge is 0.497 e. The third-order valence-electron chi connectivity index (χ3n) is 2.48. The van der Waals surface area contributed by atoms with Crippen molar-refractivity contribution in [3.05, 3.63) is 29.3 Å². The Hall–Kier alpha value is -1.92. The number of halogens is 3. The van der Waals surface area contributed by atoms with Crippen LogP contribution in [0.25, 0.3) is 0 Å². The lowest BCUT2D eigenvalue weighted by Gasteiger charge is -2.14. The molecule has 0 unspecified atom stereocenters. The van der Waals surface area contributed by atoms with Crippen LogP contribution in [0, 0.1) is 0 Å². The van der Waals surface area contributed by atoms with Gasteiger partial charge in [-0.1, -0.05) is 6.07 Å². The molecule has 0 aliphatic carbocycles. The van der Waals surface area contributed by atoms with E-state index >= 15 is 0 Å². The molecule has 0 aliphatic heterocycles. The summed E-state index contributed by atoms with van der Waals surface area (Å²) in [5.74, 6) is 0.266. The number of benzene rings is 1. The van der Waals surface area contributed by atoms with Crippen molar-refractivity contribution < 1.29 is 17.9 Å². The Morgan fingerprint density at radius 1 is 1.40 bits per heavy atom. The normalized spacial score (nSPS) is 12.7. The second-order valence-electron chi connectivity index (χ2n) is 4.52. The topological polar surface area (TPSA) is 59.6 Å². The number of nitrogens with zero attached hydrogens (tertiary/aromatic N) is 1. The maximum absolute atomic E-state index is 12.9. The van der Waals surface area contributed by atoms with Gasteiger partial charge < -0.3 is 15.8 Å². The first-order chi connectivity index (χ1) is 9.24. The predicted octanol–water partition coefficient (Wildman–Crippen LogP) is 2.53. The molecule has 1 rings (SSSR count). The van der Waals surface area contributed by atoms with Gasteiger partial charge in [-0.3, -0.25) is 0 Å². The molecule has 112 valence electrons. The summed E-state index contributed by atoms with van der Waals surface area (Å²) in [4.78, 5) is 3.91. The molecule has 0 saturated carbocycles. The third-order valence-corrected chi connectivity index (χ3v) is 2.48. The fraction of sp³-hybridized carbons (Fsp3) is 0.462. The molecular formula is C13H18F3N3O. The zero-order chi connectivity index (χ0) is 15.3. The molecular weight excluding hydrogens is 271 g/mol. The van der Waals surface area contributed by atoms with E-state index in [0.717, 1.165) is 6.07 Å². The minimum atomic E-state index is -4.46. The van der Waals surface area contributed by atoms with Crippen LogP contribution in [-0.2, 0) is 12.7 Å². The summed E-state index contributed by atoms with van der Waals surface area (Å²) in [7, 11) is 1.32. The van der Waals surface area contributed by atoms with Gasteiger partial charge >= 0.3 is 6.18 Å². The second kappa shape index (κ2) is 6.49. The quantitative estimate of drug-likeness (QED) is 0.661. The van der Waals surface area contributed by atoms with E-state index in [0.29, 0.717) is 0 Å². The minimum Gasteiger partial charge on any atom is -0.497 e. The lowest BCUT2D eigenvalue weighted by atomic mass is 10.1. The molecule has 0 radical (unpaired) electrons. The number of hydrogen-bond acceptors (Lipinski definition) is 2. The number of alkyl halides is 3. The van der Waals surface area contributed by atoms with Crippen LogP contribution >= 0.6 is 0 Å². The third kappa shape index (κ3) is 4.64. The monoisotopic (exact) mass is 289 g/mol. The first-order valence-corrected chi connectivity index (χ1v) is 6.04. The van der Waals surface area contributed by atoms with Gasteiger partial charge in [0.1, 0.15) is 5.75 Å². The fourth-order valence-corrected chi connectivity index (χ4v) is 1.60. The summed E-state index contributed by atoms with van der Waals surface area (Å²) in [6, 6.07) is 3.83. The van der Waals surface area contributed by atoms with Crippen molar-refractivity contribution in [2.45, 2.75) is 32.6 Å². The van der Waals surface area contributed by atoms with Crippen LogP contribution in [0.15, 0.2) is 23.2 Å². The van der Waals surface area contributed by atoms with Crippen molar-refractivity contribution >= 4 is 5.96 Å². The molecule has 7 heteroatoms. The Bertz CT molecular complexity index is 484. The van der Waals surface area contributed by atoms with Crippen LogP contribution in [0.3, 0.4) is 0 Å². The average molecular weight is 289 g/mol. The van der Waals surface area contributed by atoms with Gasteiger partial charge in [-0.2, -0.15) is 13.2 Å². The van der Waals surface area contributed by atoms with E-state index < -0.39 is 11.7 Å². The number of ether oxygens (including phenoxy) is 1. The number of nitrogens with one attached hydrogen (secondary N) is 1. The molecule has 1 aromatic carbocycles. The van der Waals surface area contributed by atoms with Crippen molar-refractivity contribution in [1.29, 1.82) is 0 Å². The summed E-state index contributed by atoms with van der Waals surface area (Å²) < 4.78 is 43.7. The highest BCUT2D eigenvalue weighted by Gasteiger charge is 2.33. The van der Waals surface area contributed by atoms with Gasteiger partial charge in [-0.15, -0.1) is 0 Å². The summed E-state index contributed by atoms with van der Waals surface area (Å²) in [6.07, 6.45) is -4.46. The van der Waals surface area contributed by atoms with Crippen molar-refractivity contribution in [3.8, 4) is 5.75 Å². The van der Waals surface area contributed by atoms with E-state index in [1.165, 1.54) is 19.2 Å². The lowest BCUT2D eigenvalue weighted by Crippen LogP contribution is -2.36. The molecule has 0 atom stereocenters. The molecule has 0 heterocycles. The summed E-state index contributed by atoms with van der Waals surface area (Å²) >= 11 is 0. The van der Waals surface area contributed by atoms with E-state index in [9.17, 15) is 13.2 Å². The van der Waals surface area contributed by atoms with Gasteiger partial charge in [0.2, 0.25) is 0 Å². The number of nitrogens with two attached hydrogens (primary N) is 1. The molecule has 4 nitrogen and oxygen atoms in total. The zero-order valence-electron chi connectivity index (χ0n) is 11.6. The van der Waals surface area contributed by atoms with Crippen molar-refractivity contribution in [3.63, 3.8) is 0 Å². The number of rotatable bonds is 4. The van der Waals surface area contributed by atoms with Crippen LogP contribution in [0.4, 0.5) is 13.2 Å². The predicted molar refractivity (Wildman–Crippen MR) is 71.6 cm³/mol.